The van der Waals surface area contributed by atoms with Crippen LogP contribution in [0.3, 0.4) is 0 Å². The van der Waals surface area contributed by atoms with Crippen LogP contribution in [0.4, 0.5) is 19.0 Å². The van der Waals surface area contributed by atoms with Gasteiger partial charge in [-0.25, -0.2) is 28.1 Å². The summed E-state index contributed by atoms with van der Waals surface area (Å²) in [5, 5.41) is 4.23. The monoisotopic (exact) mass is 422 g/mol. The van der Waals surface area contributed by atoms with Crippen LogP contribution in [0.2, 0.25) is 0 Å². The summed E-state index contributed by atoms with van der Waals surface area (Å²) in [6.07, 6.45) is -2.90. The molecule has 0 fully saturated rings. The van der Waals surface area contributed by atoms with Gasteiger partial charge in [-0.15, -0.1) is 0 Å². The van der Waals surface area contributed by atoms with Crippen molar-refractivity contribution in [3.05, 3.63) is 52.7 Å². The maximum atomic E-state index is 14.5. The number of hydrogen-bond acceptors (Lipinski definition) is 5. The largest absolute Gasteiger partial charge is 0.363 e. The van der Waals surface area contributed by atoms with Crippen molar-refractivity contribution in [3.8, 4) is 0 Å². The standard InChI is InChI=1S/C20H22F3N4OP/c1-10(13-7-6-8-14(17(13)21)18(22)23)24-19-15-9-16(29(4,5)28)11(2)25-20(15)27-12(3)26-19/h6-10,18H,1-5H3,(H,24,25,26,27). The Balaban J connectivity index is 2.10. The summed E-state index contributed by atoms with van der Waals surface area (Å²) in [6, 6.07) is 5.01. The van der Waals surface area contributed by atoms with Crippen LogP contribution in [0.5, 0.6) is 0 Å². The van der Waals surface area contributed by atoms with Gasteiger partial charge in [0.25, 0.3) is 6.43 Å². The first kappa shape index (κ1) is 21.2. The minimum absolute atomic E-state index is 0.101. The molecule has 154 valence electrons. The van der Waals surface area contributed by atoms with Gasteiger partial charge in [-0.05, 0) is 40.2 Å². The summed E-state index contributed by atoms with van der Waals surface area (Å²) in [4.78, 5) is 13.2. The van der Waals surface area contributed by atoms with Gasteiger partial charge in [0.2, 0.25) is 0 Å². The second kappa shape index (κ2) is 7.75. The van der Waals surface area contributed by atoms with Crippen molar-refractivity contribution >= 4 is 29.3 Å². The number of hydrogen-bond donors (Lipinski definition) is 1. The molecule has 0 radical (unpaired) electrons. The predicted octanol–water partition coefficient (Wildman–Crippen LogP) is 5.14. The molecule has 0 saturated heterocycles. The van der Waals surface area contributed by atoms with E-state index in [1.165, 1.54) is 12.1 Å². The van der Waals surface area contributed by atoms with Gasteiger partial charge in [-0.1, -0.05) is 18.2 Å². The quantitative estimate of drug-likeness (QED) is 0.577. The van der Waals surface area contributed by atoms with Crippen LogP contribution in [0.15, 0.2) is 24.3 Å². The van der Waals surface area contributed by atoms with E-state index in [0.29, 0.717) is 33.7 Å². The van der Waals surface area contributed by atoms with Crippen molar-refractivity contribution < 1.29 is 17.7 Å². The fraction of sp³-hybridized carbons (Fsp3) is 0.350. The summed E-state index contributed by atoms with van der Waals surface area (Å²) >= 11 is 0. The Morgan fingerprint density at radius 2 is 1.72 bits per heavy atom. The number of fused-ring (bicyclic) bond motifs is 1. The van der Waals surface area contributed by atoms with E-state index in [1.807, 2.05) is 0 Å². The number of benzene rings is 1. The van der Waals surface area contributed by atoms with Crippen LogP contribution < -0.4 is 10.6 Å². The molecule has 3 aromatic rings. The van der Waals surface area contributed by atoms with Gasteiger partial charge in [0.15, 0.2) is 5.65 Å². The lowest BCUT2D eigenvalue weighted by Crippen LogP contribution is -2.15. The molecule has 0 aliphatic carbocycles. The van der Waals surface area contributed by atoms with Crippen molar-refractivity contribution in [1.82, 2.24) is 15.0 Å². The number of halogens is 3. The molecule has 1 unspecified atom stereocenters. The fourth-order valence-electron chi connectivity index (χ4n) is 3.25. The predicted molar refractivity (Wildman–Crippen MR) is 109 cm³/mol. The third kappa shape index (κ3) is 4.27. The highest BCUT2D eigenvalue weighted by molar-refractivity contribution is 7.70. The molecular formula is C20H22F3N4OP. The lowest BCUT2D eigenvalue weighted by atomic mass is 10.0. The molecule has 0 aliphatic rings. The topological polar surface area (TPSA) is 67.8 Å². The number of rotatable bonds is 5. The van der Waals surface area contributed by atoms with E-state index in [4.69, 9.17) is 0 Å². The third-order valence-corrected chi connectivity index (χ3v) is 6.27. The molecule has 1 atom stereocenters. The number of nitrogens with one attached hydrogen (secondary N) is 1. The van der Waals surface area contributed by atoms with Gasteiger partial charge >= 0.3 is 0 Å². The molecule has 1 aromatic carbocycles. The normalized spacial score (nSPS) is 13.1. The molecule has 0 aliphatic heterocycles. The van der Waals surface area contributed by atoms with E-state index in [9.17, 15) is 17.7 Å². The average Bonchev–Trinajstić information content (AvgIpc) is 2.59. The number of anilines is 1. The van der Waals surface area contributed by atoms with E-state index in [1.54, 1.807) is 40.2 Å². The number of nitrogens with zero attached hydrogens (tertiary/aromatic N) is 3. The molecule has 3 rings (SSSR count). The summed E-state index contributed by atoms with van der Waals surface area (Å²) < 4.78 is 53.2. The Labute approximate surface area is 167 Å². The van der Waals surface area contributed by atoms with Gasteiger partial charge in [0.1, 0.15) is 24.6 Å². The Morgan fingerprint density at radius 3 is 2.34 bits per heavy atom. The molecule has 0 bridgehead atoms. The lowest BCUT2D eigenvalue weighted by Gasteiger charge is -2.19. The Bertz CT molecular complexity index is 1130. The SMILES string of the molecule is Cc1nc(NC(C)c2cccc(C(F)F)c2F)c2cc(P(C)(C)=O)c(C)nc2n1. The van der Waals surface area contributed by atoms with Crippen LogP contribution in [0.25, 0.3) is 11.0 Å². The highest BCUT2D eigenvalue weighted by Crippen LogP contribution is 2.37. The highest BCUT2D eigenvalue weighted by atomic mass is 31.2. The summed E-state index contributed by atoms with van der Waals surface area (Å²) in [7, 11) is -2.60. The summed E-state index contributed by atoms with van der Waals surface area (Å²) in [6.45, 7) is 8.43. The number of aryl methyl sites for hydroxylation is 2. The first-order valence-corrected chi connectivity index (χ1v) is 11.6. The van der Waals surface area contributed by atoms with Crippen molar-refractivity contribution in [1.29, 1.82) is 0 Å². The van der Waals surface area contributed by atoms with Crippen molar-refractivity contribution in [2.24, 2.45) is 0 Å². The minimum Gasteiger partial charge on any atom is -0.363 e. The molecule has 1 N–H and O–H groups in total. The van der Waals surface area contributed by atoms with Gasteiger partial charge in [0.05, 0.1) is 22.7 Å². The first-order chi connectivity index (χ1) is 13.5. The Hall–Kier alpha value is -2.47. The maximum Gasteiger partial charge on any atom is 0.266 e. The second-order valence-electron chi connectivity index (χ2n) is 7.35. The van der Waals surface area contributed by atoms with Crippen LogP contribution in [-0.2, 0) is 4.57 Å². The smallest absolute Gasteiger partial charge is 0.266 e. The zero-order valence-corrected chi connectivity index (χ0v) is 17.7. The molecule has 0 amide bonds. The summed E-state index contributed by atoms with van der Waals surface area (Å²) in [5.41, 5.74) is 0.504. The number of aromatic nitrogens is 3. The molecule has 0 spiro atoms. The molecule has 0 saturated carbocycles. The number of pyridine rings is 1. The van der Waals surface area contributed by atoms with Crippen molar-refractivity contribution in [3.63, 3.8) is 0 Å². The molecule has 5 nitrogen and oxygen atoms in total. The zero-order valence-electron chi connectivity index (χ0n) is 16.8. The zero-order chi connectivity index (χ0) is 21.5. The summed E-state index contributed by atoms with van der Waals surface area (Å²) in [5.74, 6) is -0.118. The molecule has 2 aromatic heterocycles. The van der Waals surface area contributed by atoms with E-state index < -0.39 is 31.0 Å². The Morgan fingerprint density at radius 1 is 1.07 bits per heavy atom. The average molecular weight is 422 g/mol. The third-order valence-electron chi connectivity index (χ3n) is 4.66. The molecular weight excluding hydrogens is 400 g/mol. The van der Waals surface area contributed by atoms with E-state index in [-0.39, 0.29) is 5.56 Å². The van der Waals surface area contributed by atoms with Crippen LogP contribution in [0.1, 0.15) is 42.0 Å². The number of alkyl halides is 2. The van der Waals surface area contributed by atoms with Crippen molar-refractivity contribution in [2.75, 3.05) is 18.6 Å². The van der Waals surface area contributed by atoms with Crippen LogP contribution in [-0.4, -0.2) is 28.3 Å². The van der Waals surface area contributed by atoms with Gasteiger partial charge in [0, 0.05) is 10.9 Å². The highest BCUT2D eigenvalue weighted by Gasteiger charge is 2.22. The second-order valence-corrected chi connectivity index (χ2v) is 10.5. The van der Waals surface area contributed by atoms with Gasteiger partial charge < -0.3 is 9.88 Å². The molecule has 29 heavy (non-hydrogen) atoms. The van der Waals surface area contributed by atoms with E-state index in [2.05, 4.69) is 20.3 Å². The van der Waals surface area contributed by atoms with E-state index >= 15 is 0 Å². The molecule has 2 heterocycles. The van der Waals surface area contributed by atoms with Crippen LogP contribution in [0, 0.1) is 19.7 Å². The lowest BCUT2D eigenvalue weighted by molar-refractivity contribution is 0.146. The Kier molecular flexibility index (Phi) is 5.68. The maximum absolute atomic E-state index is 14.5. The van der Waals surface area contributed by atoms with Crippen LogP contribution >= 0.6 is 7.14 Å². The van der Waals surface area contributed by atoms with Gasteiger partial charge in [-0.3, -0.25) is 0 Å². The van der Waals surface area contributed by atoms with Crippen molar-refractivity contribution in [2.45, 2.75) is 33.2 Å². The first-order valence-electron chi connectivity index (χ1n) is 9.03. The van der Waals surface area contributed by atoms with E-state index in [0.717, 1.165) is 6.07 Å². The fourth-order valence-corrected chi connectivity index (χ4v) is 4.52. The van der Waals surface area contributed by atoms with Gasteiger partial charge in [-0.2, -0.15) is 0 Å². The minimum atomic E-state index is -2.90. The molecule has 9 heteroatoms.